The number of rotatable bonds is 6. The second-order valence-corrected chi connectivity index (χ2v) is 6.10. The summed E-state index contributed by atoms with van der Waals surface area (Å²) in [6, 6.07) is 4.88. The van der Waals surface area contributed by atoms with E-state index in [9.17, 15) is 4.79 Å². The lowest BCUT2D eigenvalue weighted by Gasteiger charge is -2.21. The van der Waals surface area contributed by atoms with Crippen molar-refractivity contribution in [3.05, 3.63) is 33.8 Å². The molecule has 1 aromatic carbocycles. The first-order chi connectivity index (χ1) is 9.35. The first-order valence-electron chi connectivity index (χ1n) is 6.85. The SMILES string of the molecule is CCC(C)C(N)C(=O)NC(C)Cc1ccc(Cl)cc1Cl.Cl. The fraction of sp³-hybridized carbons (Fsp3) is 0.533. The molecule has 0 bridgehead atoms. The van der Waals surface area contributed by atoms with Crippen LogP contribution in [0.25, 0.3) is 0 Å². The Balaban J connectivity index is 0.00000400. The molecular formula is C15H23Cl3N2O. The van der Waals surface area contributed by atoms with E-state index in [0.29, 0.717) is 16.5 Å². The second kappa shape index (κ2) is 9.52. The summed E-state index contributed by atoms with van der Waals surface area (Å²) in [5, 5.41) is 4.15. The summed E-state index contributed by atoms with van der Waals surface area (Å²) >= 11 is 12.0. The third-order valence-electron chi connectivity index (χ3n) is 3.49. The van der Waals surface area contributed by atoms with E-state index in [1.807, 2.05) is 26.8 Å². The van der Waals surface area contributed by atoms with Gasteiger partial charge in [-0.2, -0.15) is 0 Å². The summed E-state index contributed by atoms with van der Waals surface area (Å²) in [4.78, 5) is 12.0. The quantitative estimate of drug-likeness (QED) is 0.816. The van der Waals surface area contributed by atoms with Crippen molar-refractivity contribution in [1.29, 1.82) is 0 Å². The fourth-order valence-corrected chi connectivity index (χ4v) is 2.41. The Morgan fingerprint density at radius 1 is 1.33 bits per heavy atom. The molecule has 0 aliphatic heterocycles. The minimum atomic E-state index is -0.469. The van der Waals surface area contributed by atoms with Gasteiger partial charge >= 0.3 is 0 Å². The molecule has 0 spiro atoms. The molecule has 0 aromatic heterocycles. The highest BCUT2D eigenvalue weighted by Crippen LogP contribution is 2.22. The van der Waals surface area contributed by atoms with Crippen molar-refractivity contribution in [3.8, 4) is 0 Å². The summed E-state index contributed by atoms with van der Waals surface area (Å²) in [6.07, 6.45) is 1.53. The van der Waals surface area contributed by atoms with Crippen LogP contribution in [0.3, 0.4) is 0 Å². The highest BCUT2D eigenvalue weighted by atomic mass is 35.5. The minimum Gasteiger partial charge on any atom is -0.352 e. The molecule has 1 aromatic rings. The molecule has 0 aliphatic rings. The number of carbonyl (C=O) groups excluding carboxylic acids is 1. The molecule has 0 aliphatic carbocycles. The van der Waals surface area contributed by atoms with Crippen molar-refractivity contribution in [2.24, 2.45) is 11.7 Å². The van der Waals surface area contributed by atoms with Gasteiger partial charge < -0.3 is 11.1 Å². The molecule has 3 nitrogen and oxygen atoms in total. The van der Waals surface area contributed by atoms with Gasteiger partial charge in [-0.15, -0.1) is 12.4 Å². The molecular weight excluding hydrogens is 331 g/mol. The summed E-state index contributed by atoms with van der Waals surface area (Å²) in [6.45, 7) is 5.94. The van der Waals surface area contributed by atoms with E-state index in [1.54, 1.807) is 12.1 Å². The molecule has 0 saturated heterocycles. The lowest BCUT2D eigenvalue weighted by atomic mass is 9.98. The highest BCUT2D eigenvalue weighted by molar-refractivity contribution is 6.35. The Morgan fingerprint density at radius 2 is 1.95 bits per heavy atom. The van der Waals surface area contributed by atoms with Gasteiger partial charge in [-0.1, -0.05) is 49.5 Å². The van der Waals surface area contributed by atoms with Gasteiger partial charge in [0.15, 0.2) is 0 Å². The van der Waals surface area contributed by atoms with Crippen LogP contribution in [0, 0.1) is 5.92 Å². The molecule has 3 atom stereocenters. The number of halogens is 3. The topological polar surface area (TPSA) is 55.1 Å². The number of hydrogen-bond acceptors (Lipinski definition) is 2. The van der Waals surface area contributed by atoms with Gasteiger partial charge in [0.25, 0.3) is 0 Å². The van der Waals surface area contributed by atoms with E-state index in [-0.39, 0.29) is 30.3 Å². The Morgan fingerprint density at radius 3 is 2.48 bits per heavy atom. The van der Waals surface area contributed by atoms with E-state index in [2.05, 4.69) is 5.32 Å². The van der Waals surface area contributed by atoms with Gasteiger partial charge in [0.2, 0.25) is 5.91 Å². The van der Waals surface area contributed by atoms with Crippen LogP contribution < -0.4 is 11.1 Å². The van der Waals surface area contributed by atoms with Crippen molar-refractivity contribution in [1.82, 2.24) is 5.32 Å². The zero-order valence-electron chi connectivity index (χ0n) is 12.5. The summed E-state index contributed by atoms with van der Waals surface area (Å²) < 4.78 is 0. The fourth-order valence-electron chi connectivity index (χ4n) is 1.92. The van der Waals surface area contributed by atoms with Gasteiger partial charge in [-0.3, -0.25) is 4.79 Å². The van der Waals surface area contributed by atoms with Crippen LogP contribution in [0.2, 0.25) is 10.0 Å². The summed E-state index contributed by atoms with van der Waals surface area (Å²) in [7, 11) is 0. The van der Waals surface area contributed by atoms with Crippen LogP contribution in [0.15, 0.2) is 18.2 Å². The molecule has 21 heavy (non-hydrogen) atoms. The van der Waals surface area contributed by atoms with E-state index in [1.165, 1.54) is 0 Å². The first kappa shape index (κ1) is 20.5. The Kier molecular flexibility index (Phi) is 9.30. The van der Waals surface area contributed by atoms with Crippen molar-refractivity contribution in [2.75, 3.05) is 0 Å². The van der Waals surface area contributed by atoms with E-state index >= 15 is 0 Å². The van der Waals surface area contributed by atoms with Gasteiger partial charge in [-0.25, -0.2) is 0 Å². The molecule has 3 unspecified atom stereocenters. The smallest absolute Gasteiger partial charge is 0.237 e. The molecule has 0 fully saturated rings. The maximum Gasteiger partial charge on any atom is 0.237 e. The number of amides is 1. The van der Waals surface area contributed by atoms with E-state index in [4.69, 9.17) is 28.9 Å². The van der Waals surface area contributed by atoms with Crippen LogP contribution >= 0.6 is 35.6 Å². The number of nitrogens with one attached hydrogen (secondary N) is 1. The van der Waals surface area contributed by atoms with Crippen molar-refractivity contribution < 1.29 is 4.79 Å². The van der Waals surface area contributed by atoms with Gasteiger partial charge in [0.05, 0.1) is 6.04 Å². The largest absolute Gasteiger partial charge is 0.352 e. The Labute approximate surface area is 143 Å². The number of nitrogens with two attached hydrogens (primary N) is 1. The lowest BCUT2D eigenvalue weighted by Crippen LogP contribution is -2.48. The average Bonchev–Trinajstić information content (AvgIpc) is 2.40. The molecule has 0 radical (unpaired) electrons. The van der Waals surface area contributed by atoms with Crippen LogP contribution in [-0.2, 0) is 11.2 Å². The molecule has 0 saturated carbocycles. The normalized spacial score (nSPS) is 14.8. The maximum atomic E-state index is 12.0. The molecule has 3 N–H and O–H groups in total. The van der Waals surface area contributed by atoms with Crippen LogP contribution in [0.4, 0.5) is 0 Å². The number of carbonyl (C=O) groups is 1. The number of benzene rings is 1. The van der Waals surface area contributed by atoms with Crippen LogP contribution in [0.5, 0.6) is 0 Å². The summed E-state index contributed by atoms with van der Waals surface area (Å²) in [5.74, 6) is 0.0539. The standard InChI is InChI=1S/C15H22Cl2N2O.ClH/c1-4-9(2)14(18)15(20)19-10(3)7-11-5-6-12(16)8-13(11)17;/h5-6,8-10,14H,4,7,18H2,1-3H3,(H,19,20);1H. The predicted octanol–water partition coefficient (Wildman–Crippen LogP) is 3.84. The van der Waals surface area contributed by atoms with Crippen molar-refractivity contribution in [3.63, 3.8) is 0 Å². The molecule has 1 amide bonds. The third-order valence-corrected chi connectivity index (χ3v) is 4.08. The van der Waals surface area contributed by atoms with Crippen LogP contribution in [0.1, 0.15) is 32.8 Å². The first-order valence-corrected chi connectivity index (χ1v) is 7.60. The highest BCUT2D eigenvalue weighted by Gasteiger charge is 2.21. The monoisotopic (exact) mass is 352 g/mol. The van der Waals surface area contributed by atoms with Gasteiger partial charge in [-0.05, 0) is 37.0 Å². The molecule has 6 heteroatoms. The van der Waals surface area contributed by atoms with Crippen molar-refractivity contribution in [2.45, 2.75) is 45.7 Å². The van der Waals surface area contributed by atoms with Gasteiger partial charge in [0, 0.05) is 16.1 Å². The average molecular weight is 354 g/mol. The van der Waals surface area contributed by atoms with Crippen LogP contribution in [-0.4, -0.2) is 18.0 Å². The number of hydrogen-bond donors (Lipinski definition) is 2. The zero-order chi connectivity index (χ0) is 15.3. The van der Waals surface area contributed by atoms with E-state index < -0.39 is 6.04 Å². The molecule has 1 rings (SSSR count). The molecule has 0 heterocycles. The predicted molar refractivity (Wildman–Crippen MR) is 92.4 cm³/mol. The van der Waals surface area contributed by atoms with Crippen molar-refractivity contribution >= 4 is 41.5 Å². The Bertz CT molecular complexity index is 468. The lowest BCUT2D eigenvalue weighted by molar-refractivity contribution is -0.124. The summed E-state index contributed by atoms with van der Waals surface area (Å²) in [5.41, 5.74) is 6.87. The van der Waals surface area contributed by atoms with Gasteiger partial charge in [0.1, 0.15) is 0 Å². The second-order valence-electron chi connectivity index (χ2n) is 5.26. The third kappa shape index (κ3) is 6.43. The Hall–Kier alpha value is -0.480. The minimum absolute atomic E-state index is 0. The zero-order valence-corrected chi connectivity index (χ0v) is 14.9. The maximum absolute atomic E-state index is 12.0. The van der Waals surface area contributed by atoms with E-state index in [0.717, 1.165) is 12.0 Å². The molecule has 120 valence electrons.